The molecule has 0 spiro atoms. The van der Waals surface area contributed by atoms with Crippen LogP contribution in [-0.4, -0.2) is 68.9 Å². The fourth-order valence-electron chi connectivity index (χ4n) is 6.87. The van der Waals surface area contributed by atoms with Gasteiger partial charge in [-0.05, 0) is 63.1 Å². The molecule has 0 bridgehead atoms. The predicted octanol–water partition coefficient (Wildman–Crippen LogP) is 4.46. The lowest BCUT2D eigenvalue weighted by molar-refractivity contribution is -0.133. The molecule has 1 aliphatic carbocycles. The van der Waals surface area contributed by atoms with E-state index in [1.807, 2.05) is 40.7 Å². The van der Waals surface area contributed by atoms with Crippen molar-refractivity contribution in [3.8, 4) is 0 Å². The third kappa shape index (κ3) is 5.04. The summed E-state index contributed by atoms with van der Waals surface area (Å²) in [6.07, 6.45) is 9.01. The summed E-state index contributed by atoms with van der Waals surface area (Å²) in [6.45, 7) is 10.8. The van der Waals surface area contributed by atoms with Crippen LogP contribution < -0.4 is 5.32 Å². The van der Waals surface area contributed by atoms with E-state index in [1.165, 1.54) is 19.3 Å². The first-order valence-electron chi connectivity index (χ1n) is 14.2. The molecule has 36 heavy (non-hydrogen) atoms. The van der Waals surface area contributed by atoms with Gasteiger partial charge in [-0.15, -0.1) is 0 Å². The van der Waals surface area contributed by atoms with Crippen molar-refractivity contribution in [1.29, 1.82) is 0 Å². The second kappa shape index (κ2) is 10.5. The van der Waals surface area contributed by atoms with Crippen LogP contribution in [0.5, 0.6) is 0 Å². The first kappa shape index (κ1) is 25.2. The third-order valence-electron chi connectivity index (χ3n) is 8.63. The van der Waals surface area contributed by atoms with Crippen molar-refractivity contribution in [2.24, 2.45) is 11.8 Å². The van der Waals surface area contributed by atoms with Gasteiger partial charge in [-0.2, -0.15) is 0 Å². The number of nitrogens with zero attached hydrogens (tertiary/aromatic N) is 4. The number of hydrogen-bond donors (Lipinski definition) is 1. The van der Waals surface area contributed by atoms with E-state index in [-0.39, 0.29) is 17.9 Å². The van der Waals surface area contributed by atoms with E-state index in [0.29, 0.717) is 30.7 Å². The Labute approximate surface area is 215 Å². The number of nitrogens with one attached hydrogen (secondary N) is 1. The highest BCUT2D eigenvalue weighted by Crippen LogP contribution is 2.31. The van der Waals surface area contributed by atoms with Crippen LogP contribution in [0.4, 0.5) is 0 Å². The molecule has 2 amide bonds. The minimum Gasteiger partial charge on any atom is -0.351 e. The highest BCUT2D eigenvalue weighted by Gasteiger charge is 2.48. The topological polar surface area (TPSA) is 70.5 Å². The number of hydrogen-bond acceptors (Lipinski definition) is 4. The number of amides is 2. The number of para-hydroxylation sites is 2. The van der Waals surface area contributed by atoms with Gasteiger partial charge >= 0.3 is 0 Å². The molecule has 196 valence electrons. The summed E-state index contributed by atoms with van der Waals surface area (Å²) < 4.78 is 1.97. The molecule has 5 rings (SSSR count). The third-order valence-corrected chi connectivity index (χ3v) is 8.63. The molecule has 7 nitrogen and oxygen atoms in total. The van der Waals surface area contributed by atoms with E-state index < -0.39 is 5.54 Å². The standard InChI is InChI=1S/C29H43N5O2/c1-21-17-22(2)19-32(18-21)15-10-16-34-27(35)26-31-24-13-8-9-14-25(24)33(26)20-29(34,3)28(36)30-23-11-6-4-5-7-12-23/h8-9,13-14,21-23H,4-7,10-12,15-20H2,1-3H3,(H,30,36)/t21-,22+,29-/m0/s1. The van der Waals surface area contributed by atoms with Gasteiger partial charge in [0, 0.05) is 25.7 Å². The smallest absolute Gasteiger partial charge is 0.290 e. The maximum Gasteiger partial charge on any atom is 0.290 e. The van der Waals surface area contributed by atoms with Crippen LogP contribution in [0.2, 0.25) is 0 Å². The number of fused-ring (bicyclic) bond motifs is 3. The summed E-state index contributed by atoms with van der Waals surface area (Å²) in [5.41, 5.74) is 0.790. The number of carbonyl (C=O) groups excluding carboxylic acids is 2. The SMILES string of the molecule is C[C@@H]1C[C@H](C)CN(CCCN2C(=O)c3nc4ccccc4n3C[C@@]2(C)C(=O)NC2CCCCCC2)C1. The van der Waals surface area contributed by atoms with Crippen LogP contribution in [0.3, 0.4) is 0 Å². The van der Waals surface area contributed by atoms with Gasteiger partial charge < -0.3 is 19.7 Å². The molecule has 0 radical (unpaired) electrons. The number of aromatic nitrogens is 2. The quantitative estimate of drug-likeness (QED) is 0.604. The maximum absolute atomic E-state index is 13.9. The van der Waals surface area contributed by atoms with Crippen LogP contribution in [-0.2, 0) is 11.3 Å². The summed E-state index contributed by atoms with van der Waals surface area (Å²) >= 11 is 0. The molecule has 3 heterocycles. The molecule has 7 heteroatoms. The summed E-state index contributed by atoms with van der Waals surface area (Å²) in [7, 11) is 0. The average Bonchev–Trinajstić information content (AvgIpc) is 3.01. The Morgan fingerprint density at radius 1 is 1.06 bits per heavy atom. The van der Waals surface area contributed by atoms with Crippen molar-refractivity contribution in [1.82, 2.24) is 24.7 Å². The van der Waals surface area contributed by atoms with E-state index in [4.69, 9.17) is 0 Å². The zero-order chi connectivity index (χ0) is 25.3. The van der Waals surface area contributed by atoms with Gasteiger partial charge in [0.1, 0.15) is 5.54 Å². The van der Waals surface area contributed by atoms with Crippen LogP contribution in [0.15, 0.2) is 24.3 Å². The van der Waals surface area contributed by atoms with Gasteiger partial charge in [0.15, 0.2) is 5.82 Å². The lowest BCUT2D eigenvalue weighted by Gasteiger charge is -2.44. The fourth-order valence-corrected chi connectivity index (χ4v) is 6.87. The monoisotopic (exact) mass is 493 g/mol. The molecule has 3 aliphatic rings. The molecule has 3 atom stereocenters. The van der Waals surface area contributed by atoms with Gasteiger partial charge in [0.2, 0.25) is 5.91 Å². The highest BCUT2D eigenvalue weighted by molar-refractivity contribution is 6.01. The minimum absolute atomic E-state index is 0.0219. The summed E-state index contributed by atoms with van der Waals surface area (Å²) in [5, 5.41) is 3.37. The highest BCUT2D eigenvalue weighted by atomic mass is 16.2. The molecular weight excluding hydrogens is 450 g/mol. The Bertz CT molecular complexity index is 1080. The van der Waals surface area contributed by atoms with Crippen LogP contribution in [0, 0.1) is 11.8 Å². The summed E-state index contributed by atoms with van der Waals surface area (Å²) in [4.78, 5) is 36.9. The Morgan fingerprint density at radius 3 is 2.47 bits per heavy atom. The Morgan fingerprint density at radius 2 is 1.75 bits per heavy atom. The average molecular weight is 494 g/mol. The first-order chi connectivity index (χ1) is 17.3. The van der Waals surface area contributed by atoms with E-state index >= 15 is 0 Å². The second-order valence-corrected chi connectivity index (χ2v) is 12.0. The van der Waals surface area contributed by atoms with Crippen molar-refractivity contribution >= 4 is 22.8 Å². The lowest BCUT2D eigenvalue weighted by atomic mass is 9.91. The number of benzene rings is 1. The van der Waals surface area contributed by atoms with Gasteiger partial charge in [0.25, 0.3) is 5.91 Å². The second-order valence-electron chi connectivity index (χ2n) is 12.0. The van der Waals surface area contributed by atoms with Crippen molar-refractivity contribution in [3.05, 3.63) is 30.1 Å². The van der Waals surface area contributed by atoms with E-state index in [9.17, 15) is 9.59 Å². The first-order valence-corrected chi connectivity index (χ1v) is 14.2. The molecule has 1 saturated carbocycles. The number of rotatable bonds is 6. The van der Waals surface area contributed by atoms with Gasteiger partial charge in [-0.25, -0.2) is 4.98 Å². The molecule has 2 fully saturated rings. The summed E-state index contributed by atoms with van der Waals surface area (Å²) in [6, 6.07) is 8.06. The van der Waals surface area contributed by atoms with Crippen LogP contribution in [0.25, 0.3) is 11.0 Å². The van der Waals surface area contributed by atoms with Gasteiger partial charge in [-0.3, -0.25) is 9.59 Å². The Balaban J connectivity index is 1.38. The summed E-state index contributed by atoms with van der Waals surface area (Å²) in [5.74, 6) is 1.72. The van der Waals surface area contributed by atoms with Gasteiger partial charge in [-0.1, -0.05) is 51.7 Å². The molecule has 1 saturated heterocycles. The van der Waals surface area contributed by atoms with Crippen molar-refractivity contribution in [2.75, 3.05) is 26.2 Å². The van der Waals surface area contributed by atoms with Crippen LogP contribution in [0.1, 0.15) is 82.8 Å². The van der Waals surface area contributed by atoms with Crippen LogP contribution >= 0.6 is 0 Å². The number of carbonyl (C=O) groups is 2. The number of piperidine rings is 1. The molecule has 1 aromatic carbocycles. The molecular formula is C29H43N5O2. The minimum atomic E-state index is -0.942. The van der Waals surface area contributed by atoms with Gasteiger partial charge in [0.05, 0.1) is 17.6 Å². The number of likely N-dealkylation sites (tertiary alicyclic amines) is 1. The van der Waals surface area contributed by atoms with E-state index in [1.54, 1.807) is 0 Å². The number of imidazole rings is 1. The zero-order valence-electron chi connectivity index (χ0n) is 22.3. The molecule has 0 unspecified atom stereocenters. The zero-order valence-corrected chi connectivity index (χ0v) is 22.3. The van der Waals surface area contributed by atoms with E-state index in [2.05, 4.69) is 29.0 Å². The maximum atomic E-state index is 13.9. The molecule has 1 aromatic heterocycles. The molecule has 2 aliphatic heterocycles. The molecule has 2 aromatic rings. The predicted molar refractivity (Wildman–Crippen MR) is 143 cm³/mol. The van der Waals surface area contributed by atoms with E-state index in [0.717, 1.165) is 62.8 Å². The Kier molecular flexibility index (Phi) is 7.38. The van der Waals surface area contributed by atoms with Crippen molar-refractivity contribution in [3.63, 3.8) is 0 Å². The molecule has 1 N–H and O–H groups in total. The Hall–Kier alpha value is -2.41. The lowest BCUT2D eigenvalue weighted by Crippen LogP contribution is -2.65. The fraction of sp³-hybridized carbons (Fsp3) is 0.690. The van der Waals surface area contributed by atoms with Crippen molar-refractivity contribution in [2.45, 2.75) is 90.3 Å². The normalized spacial score (nSPS) is 28.2. The van der Waals surface area contributed by atoms with Crippen molar-refractivity contribution < 1.29 is 9.59 Å². The largest absolute Gasteiger partial charge is 0.351 e.